The fraction of sp³-hybridized carbons (Fsp3) is 0. The molecular weight excluding hydrogens is 490 g/mol. The van der Waals surface area contributed by atoms with E-state index in [9.17, 15) is 0 Å². The Hall–Kier alpha value is -4.11. The van der Waals surface area contributed by atoms with Crippen LogP contribution in [-0.2, 0) is 0 Å². The fourth-order valence-electron chi connectivity index (χ4n) is 5.12. The van der Waals surface area contributed by atoms with Crippen LogP contribution in [0.25, 0.3) is 59.5 Å². The zero-order valence-corrected chi connectivity index (χ0v) is 21.5. The first-order valence-corrected chi connectivity index (χ1v) is 13.5. The van der Waals surface area contributed by atoms with Crippen molar-refractivity contribution in [2.75, 3.05) is 0 Å². The lowest BCUT2D eigenvalue weighted by molar-refractivity contribution is 1.18. The standard InChI is InChI=1S/C34H22ClNS/c35-27-16-13-23(14-17-27)25-15-18-32-30(22-25)29-11-4-5-12-31(29)36(32)28-10-6-9-26(21-28)34-20-19-33(37-34)24-7-2-1-3-8-24/h1-22H. The van der Waals surface area contributed by atoms with Gasteiger partial charge < -0.3 is 4.57 Å². The highest BCUT2D eigenvalue weighted by Crippen LogP contribution is 2.38. The normalized spacial score (nSPS) is 11.4. The molecule has 3 heteroatoms. The van der Waals surface area contributed by atoms with E-state index >= 15 is 0 Å². The van der Waals surface area contributed by atoms with E-state index in [4.69, 9.17) is 11.6 Å². The lowest BCUT2D eigenvalue weighted by Gasteiger charge is -2.10. The molecular formula is C34H22ClNS. The zero-order valence-electron chi connectivity index (χ0n) is 19.9. The molecule has 2 heterocycles. The number of aromatic nitrogens is 1. The molecule has 0 bridgehead atoms. The molecule has 37 heavy (non-hydrogen) atoms. The number of para-hydroxylation sites is 1. The summed E-state index contributed by atoms with van der Waals surface area (Å²) < 4.78 is 2.38. The topological polar surface area (TPSA) is 4.93 Å². The van der Waals surface area contributed by atoms with Crippen molar-refractivity contribution in [3.8, 4) is 37.7 Å². The summed E-state index contributed by atoms with van der Waals surface area (Å²) in [6.07, 6.45) is 0. The summed E-state index contributed by atoms with van der Waals surface area (Å²) in [5.74, 6) is 0. The molecule has 0 spiro atoms. The zero-order chi connectivity index (χ0) is 24.8. The van der Waals surface area contributed by atoms with Gasteiger partial charge in [0.05, 0.1) is 11.0 Å². The van der Waals surface area contributed by atoms with Crippen molar-refractivity contribution in [3.05, 3.63) is 138 Å². The van der Waals surface area contributed by atoms with Crippen LogP contribution in [-0.4, -0.2) is 4.57 Å². The predicted octanol–water partition coefficient (Wildman–Crippen LogP) is 10.5. The molecule has 1 nitrogen and oxygen atoms in total. The first-order chi connectivity index (χ1) is 18.2. The van der Waals surface area contributed by atoms with Crippen LogP contribution in [0.1, 0.15) is 0 Å². The molecule has 0 fully saturated rings. The Kier molecular flexibility index (Phi) is 5.43. The van der Waals surface area contributed by atoms with Crippen LogP contribution in [0.3, 0.4) is 0 Å². The van der Waals surface area contributed by atoms with E-state index in [-0.39, 0.29) is 0 Å². The minimum Gasteiger partial charge on any atom is -0.309 e. The molecule has 7 aromatic rings. The molecule has 176 valence electrons. The SMILES string of the molecule is Clc1ccc(-c2ccc3c(c2)c2ccccc2n3-c2cccc(-c3ccc(-c4ccccc4)s3)c2)cc1. The van der Waals surface area contributed by atoms with Crippen LogP contribution in [0.4, 0.5) is 0 Å². The molecule has 0 aliphatic carbocycles. The van der Waals surface area contributed by atoms with Gasteiger partial charge >= 0.3 is 0 Å². The van der Waals surface area contributed by atoms with Gasteiger partial charge in [-0.2, -0.15) is 0 Å². The van der Waals surface area contributed by atoms with E-state index in [1.54, 1.807) is 0 Å². The molecule has 0 radical (unpaired) electrons. The van der Waals surface area contributed by atoms with Gasteiger partial charge in [0.1, 0.15) is 0 Å². The van der Waals surface area contributed by atoms with Gasteiger partial charge in [-0.1, -0.05) is 90.5 Å². The van der Waals surface area contributed by atoms with Crippen molar-refractivity contribution in [1.29, 1.82) is 0 Å². The first kappa shape index (κ1) is 22.1. The maximum atomic E-state index is 6.13. The van der Waals surface area contributed by atoms with Crippen LogP contribution in [0.2, 0.25) is 5.02 Å². The molecule has 0 N–H and O–H groups in total. The van der Waals surface area contributed by atoms with Gasteiger partial charge in [-0.25, -0.2) is 0 Å². The van der Waals surface area contributed by atoms with Gasteiger partial charge in [0.15, 0.2) is 0 Å². The van der Waals surface area contributed by atoms with E-state index in [1.165, 1.54) is 48.3 Å². The Morgan fingerprint density at radius 1 is 0.459 bits per heavy atom. The fourth-order valence-corrected chi connectivity index (χ4v) is 6.26. The largest absolute Gasteiger partial charge is 0.309 e. The average molecular weight is 512 g/mol. The highest BCUT2D eigenvalue weighted by atomic mass is 35.5. The van der Waals surface area contributed by atoms with E-state index < -0.39 is 0 Å². The Bertz CT molecular complexity index is 1880. The summed E-state index contributed by atoms with van der Waals surface area (Å²) in [7, 11) is 0. The van der Waals surface area contributed by atoms with Crippen molar-refractivity contribution in [3.63, 3.8) is 0 Å². The third-order valence-electron chi connectivity index (χ3n) is 6.90. The van der Waals surface area contributed by atoms with Crippen molar-refractivity contribution in [1.82, 2.24) is 4.57 Å². The van der Waals surface area contributed by atoms with Crippen LogP contribution >= 0.6 is 22.9 Å². The molecule has 0 amide bonds. The number of hydrogen-bond donors (Lipinski definition) is 0. The number of benzene rings is 5. The Morgan fingerprint density at radius 2 is 1.14 bits per heavy atom. The van der Waals surface area contributed by atoms with Gasteiger partial charge in [-0.15, -0.1) is 11.3 Å². The second-order valence-electron chi connectivity index (χ2n) is 9.17. The smallest absolute Gasteiger partial charge is 0.0541 e. The first-order valence-electron chi connectivity index (χ1n) is 12.3. The predicted molar refractivity (Wildman–Crippen MR) is 160 cm³/mol. The lowest BCUT2D eigenvalue weighted by atomic mass is 10.0. The van der Waals surface area contributed by atoms with Crippen molar-refractivity contribution in [2.45, 2.75) is 0 Å². The summed E-state index contributed by atoms with van der Waals surface area (Å²) >= 11 is 7.96. The molecule has 0 atom stereocenters. The summed E-state index contributed by atoms with van der Waals surface area (Å²) in [6.45, 7) is 0. The molecule has 0 unspecified atom stereocenters. The van der Waals surface area contributed by atoms with E-state index in [0.717, 1.165) is 16.3 Å². The minimum absolute atomic E-state index is 0.753. The summed E-state index contributed by atoms with van der Waals surface area (Å²) in [6, 6.07) is 47.4. The maximum Gasteiger partial charge on any atom is 0.0541 e. The third-order valence-corrected chi connectivity index (χ3v) is 8.34. The second kappa shape index (κ2) is 9.08. The monoisotopic (exact) mass is 511 g/mol. The van der Waals surface area contributed by atoms with Crippen LogP contribution in [0.5, 0.6) is 0 Å². The quantitative estimate of drug-likeness (QED) is 0.221. The highest BCUT2D eigenvalue weighted by Gasteiger charge is 2.14. The van der Waals surface area contributed by atoms with Crippen molar-refractivity contribution in [2.24, 2.45) is 0 Å². The molecule has 0 aliphatic heterocycles. The second-order valence-corrected chi connectivity index (χ2v) is 10.7. The molecule has 2 aromatic heterocycles. The van der Waals surface area contributed by atoms with Gasteiger partial charge in [-0.05, 0) is 76.9 Å². The lowest BCUT2D eigenvalue weighted by Crippen LogP contribution is -1.94. The van der Waals surface area contributed by atoms with E-state index in [1.807, 2.05) is 23.5 Å². The van der Waals surface area contributed by atoms with Gasteiger partial charge in [0.2, 0.25) is 0 Å². The molecule has 5 aromatic carbocycles. The minimum atomic E-state index is 0.753. The van der Waals surface area contributed by atoms with Gasteiger partial charge in [-0.3, -0.25) is 0 Å². The van der Waals surface area contributed by atoms with E-state index in [2.05, 4.69) is 126 Å². The molecule has 0 aliphatic rings. The Labute approximate surface area is 224 Å². The number of nitrogens with zero attached hydrogens (tertiary/aromatic N) is 1. The molecule has 0 saturated carbocycles. The Morgan fingerprint density at radius 3 is 1.97 bits per heavy atom. The number of fused-ring (bicyclic) bond motifs is 3. The van der Waals surface area contributed by atoms with Crippen LogP contribution in [0, 0.1) is 0 Å². The summed E-state index contributed by atoms with van der Waals surface area (Å²) in [5.41, 5.74) is 8.41. The van der Waals surface area contributed by atoms with Crippen LogP contribution < -0.4 is 0 Å². The number of thiophene rings is 1. The van der Waals surface area contributed by atoms with Crippen molar-refractivity contribution < 1.29 is 0 Å². The average Bonchev–Trinajstić information content (AvgIpc) is 3.57. The molecule has 0 saturated heterocycles. The van der Waals surface area contributed by atoms with Gasteiger partial charge in [0, 0.05) is 31.2 Å². The van der Waals surface area contributed by atoms with Crippen LogP contribution in [0.15, 0.2) is 133 Å². The van der Waals surface area contributed by atoms with Crippen molar-refractivity contribution >= 4 is 44.7 Å². The third kappa shape index (κ3) is 3.95. The Balaban J connectivity index is 1.36. The summed E-state index contributed by atoms with van der Waals surface area (Å²) in [5, 5.41) is 3.25. The number of halogens is 1. The van der Waals surface area contributed by atoms with E-state index in [0.29, 0.717) is 0 Å². The number of hydrogen-bond acceptors (Lipinski definition) is 1. The van der Waals surface area contributed by atoms with Gasteiger partial charge in [0.25, 0.3) is 0 Å². The number of rotatable bonds is 4. The summed E-state index contributed by atoms with van der Waals surface area (Å²) in [4.78, 5) is 2.55. The maximum absolute atomic E-state index is 6.13. The molecule has 7 rings (SSSR count). The highest BCUT2D eigenvalue weighted by molar-refractivity contribution is 7.18.